The van der Waals surface area contributed by atoms with Crippen molar-refractivity contribution in [2.75, 3.05) is 0 Å². The molecule has 3 atom stereocenters. The van der Waals surface area contributed by atoms with Crippen molar-refractivity contribution in [1.29, 1.82) is 0 Å². The number of rotatable bonds is 12. The zero-order valence-electron chi connectivity index (χ0n) is 12.9. The minimum Gasteiger partial charge on any atom is -0.481 e. The first kappa shape index (κ1) is 16.5. The van der Waals surface area contributed by atoms with Gasteiger partial charge in [-0.3, -0.25) is 4.79 Å². The van der Waals surface area contributed by atoms with Crippen molar-refractivity contribution in [3.8, 4) is 0 Å². The maximum atomic E-state index is 10.4. The largest absolute Gasteiger partial charge is 0.481 e. The molecule has 0 bridgehead atoms. The highest BCUT2D eigenvalue weighted by atomic mass is 16.4. The molecule has 0 aromatic heterocycles. The molecular weight excluding hydrogens is 236 g/mol. The first-order chi connectivity index (χ1) is 9.13. The van der Waals surface area contributed by atoms with Crippen LogP contribution in [0.3, 0.4) is 0 Å². The summed E-state index contributed by atoms with van der Waals surface area (Å²) in [6.07, 6.45) is 13.3. The quantitative estimate of drug-likeness (QED) is 0.490. The van der Waals surface area contributed by atoms with E-state index >= 15 is 0 Å². The number of aliphatic carboxylic acids is 1. The molecule has 19 heavy (non-hydrogen) atoms. The van der Waals surface area contributed by atoms with Crippen LogP contribution in [0.4, 0.5) is 0 Å². The van der Waals surface area contributed by atoms with Crippen LogP contribution in [0.2, 0.25) is 0 Å². The molecule has 1 fully saturated rings. The van der Waals surface area contributed by atoms with Crippen LogP contribution in [0.5, 0.6) is 0 Å². The maximum Gasteiger partial charge on any atom is 0.303 e. The van der Waals surface area contributed by atoms with Crippen molar-refractivity contribution in [3.63, 3.8) is 0 Å². The zero-order valence-corrected chi connectivity index (χ0v) is 12.9. The molecule has 0 radical (unpaired) electrons. The summed E-state index contributed by atoms with van der Waals surface area (Å²) in [7, 11) is 0. The Hall–Kier alpha value is -0.530. The van der Waals surface area contributed by atoms with Crippen molar-refractivity contribution in [1.82, 2.24) is 0 Å². The maximum absolute atomic E-state index is 10.4. The van der Waals surface area contributed by atoms with Gasteiger partial charge in [-0.15, -0.1) is 0 Å². The van der Waals surface area contributed by atoms with E-state index in [4.69, 9.17) is 5.11 Å². The van der Waals surface area contributed by atoms with Crippen molar-refractivity contribution >= 4 is 5.97 Å². The predicted molar refractivity (Wildman–Crippen MR) is 80.2 cm³/mol. The lowest BCUT2D eigenvalue weighted by Crippen LogP contribution is -1.94. The molecule has 0 saturated heterocycles. The SMILES string of the molecule is CCC(C)CCCC1CC1CCCCCCC(=O)O. The molecule has 1 N–H and O–H groups in total. The molecule has 0 aromatic rings. The second-order valence-electron chi connectivity index (χ2n) is 6.55. The molecule has 0 amide bonds. The van der Waals surface area contributed by atoms with Gasteiger partial charge in [0.1, 0.15) is 0 Å². The minimum absolute atomic E-state index is 0.349. The smallest absolute Gasteiger partial charge is 0.303 e. The average Bonchev–Trinajstić information content (AvgIpc) is 3.11. The zero-order chi connectivity index (χ0) is 14.1. The number of unbranched alkanes of at least 4 members (excludes halogenated alkanes) is 3. The van der Waals surface area contributed by atoms with Gasteiger partial charge in [0.25, 0.3) is 0 Å². The summed E-state index contributed by atoms with van der Waals surface area (Å²) in [4.78, 5) is 10.4. The third-order valence-electron chi connectivity index (χ3n) is 4.75. The molecular formula is C17H32O2. The van der Waals surface area contributed by atoms with Gasteiger partial charge in [0.15, 0.2) is 0 Å². The lowest BCUT2D eigenvalue weighted by Gasteiger charge is -2.07. The van der Waals surface area contributed by atoms with Crippen LogP contribution in [0.15, 0.2) is 0 Å². The van der Waals surface area contributed by atoms with Gasteiger partial charge < -0.3 is 5.11 Å². The Bertz CT molecular complexity index is 250. The standard InChI is InChI=1S/C17H32O2/c1-3-14(2)9-8-11-16-13-15(16)10-6-4-5-7-12-17(18)19/h14-16H,3-13H2,1-2H3,(H,18,19). The minimum atomic E-state index is -0.649. The summed E-state index contributed by atoms with van der Waals surface area (Å²) < 4.78 is 0. The van der Waals surface area contributed by atoms with Gasteiger partial charge in [0, 0.05) is 6.42 Å². The first-order valence-electron chi connectivity index (χ1n) is 8.35. The Morgan fingerprint density at radius 2 is 1.74 bits per heavy atom. The molecule has 112 valence electrons. The van der Waals surface area contributed by atoms with E-state index in [2.05, 4.69) is 13.8 Å². The van der Waals surface area contributed by atoms with E-state index in [0.717, 1.165) is 30.6 Å². The average molecular weight is 268 g/mol. The number of hydrogen-bond acceptors (Lipinski definition) is 1. The summed E-state index contributed by atoms with van der Waals surface area (Å²) in [5.74, 6) is 2.30. The lowest BCUT2D eigenvalue weighted by atomic mass is 9.99. The molecule has 2 heteroatoms. The van der Waals surface area contributed by atoms with Crippen LogP contribution in [0.1, 0.15) is 84.5 Å². The summed E-state index contributed by atoms with van der Waals surface area (Å²) in [5, 5.41) is 8.54. The normalized spacial score (nSPS) is 23.3. The first-order valence-corrected chi connectivity index (χ1v) is 8.35. The lowest BCUT2D eigenvalue weighted by molar-refractivity contribution is -0.137. The van der Waals surface area contributed by atoms with E-state index in [-0.39, 0.29) is 0 Å². The van der Waals surface area contributed by atoms with Gasteiger partial charge in [-0.1, -0.05) is 65.2 Å². The van der Waals surface area contributed by atoms with E-state index in [1.807, 2.05) is 0 Å². The fourth-order valence-corrected chi connectivity index (χ4v) is 2.99. The van der Waals surface area contributed by atoms with Crippen molar-refractivity contribution in [2.24, 2.45) is 17.8 Å². The van der Waals surface area contributed by atoms with Gasteiger partial charge in [-0.2, -0.15) is 0 Å². The van der Waals surface area contributed by atoms with Crippen molar-refractivity contribution < 1.29 is 9.90 Å². The molecule has 1 rings (SSSR count). The monoisotopic (exact) mass is 268 g/mol. The summed E-state index contributed by atoms with van der Waals surface area (Å²) in [6, 6.07) is 0. The number of carboxylic acids is 1. The Labute approximate surface area is 119 Å². The molecule has 0 aliphatic heterocycles. The second-order valence-corrected chi connectivity index (χ2v) is 6.55. The van der Waals surface area contributed by atoms with Crippen molar-refractivity contribution in [2.45, 2.75) is 84.5 Å². The van der Waals surface area contributed by atoms with E-state index in [1.54, 1.807) is 0 Å². The summed E-state index contributed by atoms with van der Waals surface area (Å²) >= 11 is 0. The van der Waals surface area contributed by atoms with E-state index < -0.39 is 5.97 Å². The Morgan fingerprint density at radius 1 is 1.11 bits per heavy atom. The van der Waals surface area contributed by atoms with Gasteiger partial charge in [0.2, 0.25) is 0 Å². The molecule has 1 aliphatic carbocycles. The van der Waals surface area contributed by atoms with Gasteiger partial charge in [-0.05, 0) is 30.6 Å². The van der Waals surface area contributed by atoms with Crippen LogP contribution in [0, 0.1) is 17.8 Å². The number of carboxylic acid groups (broad SMARTS) is 1. The van der Waals surface area contributed by atoms with Crippen LogP contribution >= 0.6 is 0 Å². The summed E-state index contributed by atoms with van der Waals surface area (Å²) in [6.45, 7) is 4.65. The molecule has 0 spiro atoms. The topological polar surface area (TPSA) is 37.3 Å². The Balaban J connectivity index is 1.84. The summed E-state index contributed by atoms with van der Waals surface area (Å²) in [5.41, 5.74) is 0. The van der Waals surface area contributed by atoms with Crippen molar-refractivity contribution in [3.05, 3.63) is 0 Å². The highest BCUT2D eigenvalue weighted by Crippen LogP contribution is 2.45. The highest BCUT2D eigenvalue weighted by molar-refractivity contribution is 5.66. The van der Waals surface area contributed by atoms with E-state index in [0.29, 0.717) is 6.42 Å². The third-order valence-corrected chi connectivity index (χ3v) is 4.75. The van der Waals surface area contributed by atoms with E-state index in [9.17, 15) is 4.79 Å². The van der Waals surface area contributed by atoms with E-state index in [1.165, 1.54) is 51.4 Å². The molecule has 3 unspecified atom stereocenters. The Morgan fingerprint density at radius 3 is 2.37 bits per heavy atom. The highest BCUT2D eigenvalue weighted by Gasteiger charge is 2.35. The molecule has 1 saturated carbocycles. The van der Waals surface area contributed by atoms with Crippen LogP contribution in [-0.2, 0) is 4.79 Å². The Kier molecular flexibility index (Phi) is 8.16. The fourth-order valence-electron chi connectivity index (χ4n) is 2.99. The number of carbonyl (C=O) groups is 1. The second kappa shape index (κ2) is 9.39. The third kappa shape index (κ3) is 8.28. The van der Waals surface area contributed by atoms with Gasteiger partial charge in [-0.25, -0.2) is 0 Å². The molecule has 2 nitrogen and oxygen atoms in total. The van der Waals surface area contributed by atoms with Crippen LogP contribution in [-0.4, -0.2) is 11.1 Å². The molecule has 0 heterocycles. The molecule has 0 aromatic carbocycles. The van der Waals surface area contributed by atoms with Gasteiger partial charge >= 0.3 is 5.97 Å². The van der Waals surface area contributed by atoms with Crippen LogP contribution in [0.25, 0.3) is 0 Å². The fraction of sp³-hybridized carbons (Fsp3) is 0.941. The number of hydrogen-bond donors (Lipinski definition) is 1. The molecule has 1 aliphatic rings. The predicted octanol–water partition coefficient (Wildman–Crippen LogP) is 5.26. The van der Waals surface area contributed by atoms with Crippen LogP contribution < -0.4 is 0 Å². The van der Waals surface area contributed by atoms with Gasteiger partial charge in [0.05, 0.1) is 0 Å².